The first kappa shape index (κ1) is 17.6. The number of nitrogens with zero attached hydrogens (tertiary/aromatic N) is 8. The zero-order valence-corrected chi connectivity index (χ0v) is 15.7. The van der Waals surface area contributed by atoms with E-state index in [1.807, 2.05) is 15.8 Å². The SMILES string of the molecule is CC(C)Cc1cn(C[C@@H]2CCCN(C(=O)c3nc4ncccn4n3)C2)nn1. The summed E-state index contributed by atoms with van der Waals surface area (Å²) in [6.07, 6.45) is 8.38. The van der Waals surface area contributed by atoms with E-state index in [0.717, 1.165) is 38.0 Å². The van der Waals surface area contributed by atoms with Crippen LogP contribution >= 0.6 is 0 Å². The molecule has 0 N–H and O–H groups in total. The fraction of sp³-hybridized carbons (Fsp3) is 0.556. The van der Waals surface area contributed by atoms with Crippen molar-refractivity contribution in [1.29, 1.82) is 0 Å². The van der Waals surface area contributed by atoms with Gasteiger partial charge < -0.3 is 4.90 Å². The fourth-order valence-electron chi connectivity index (χ4n) is 3.57. The highest BCUT2D eigenvalue weighted by molar-refractivity contribution is 5.90. The lowest BCUT2D eigenvalue weighted by atomic mass is 9.98. The summed E-state index contributed by atoms with van der Waals surface area (Å²) in [4.78, 5) is 23.0. The van der Waals surface area contributed by atoms with E-state index < -0.39 is 0 Å². The fourth-order valence-corrected chi connectivity index (χ4v) is 3.57. The Balaban J connectivity index is 1.41. The normalized spacial score (nSPS) is 17.7. The largest absolute Gasteiger partial charge is 0.336 e. The molecule has 4 heterocycles. The molecule has 0 aliphatic carbocycles. The highest BCUT2D eigenvalue weighted by atomic mass is 16.2. The molecule has 0 radical (unpaired) electrons. The second-order valence-corrected chi connectivity index (χ2v) is 7.59. The van der Waals surface area contributed by atoms with E-state index >= 15 is 0 Å². The molecule has 1 aliphatic rings. The maximum absolute atomic E-state index is 12.8. The molecule has 142 valence electrons. The summed E-state index contributed by atoms with van der Waals surface area (Å²) < 4.78 is 3.43. The Morgan fingerprint density at radius 2 is 2.26 bits per heavy atom. The molecule has 9 heteroatoms. The average molecular weight is 368 g/mol. The predicted octanol–water partition coefficient (Wildman–Crippen LogP) is 1.47. The average Bonchev–Trinajstić information content (AvgIpc) is 3.27. The van der Waals surface area contributed by atoms with Crippen LogP contribution in [-0.2, 0) is 13.0 Å². The summed E-state index contributed by atoms with van der Waals surface area (Å²) in [7, 11) is 0. The van der Waals surface area contributed by atoms with Gasteiger partial charge in [-0.3, -0.25) is 9.48 Å². The molecular formula is C18H24N8O. The Kier molecular flexibility index (Phi) is 4.83. The van der Waals surface area contributed by atoms with Gasteiger partial charge in [0.15, 0.2) is 0 Å². The molecule has 0 unspecified atom stereocenters. The van der Waals surface area contributed by atoms with Crippen LogP contribution in [0.1, 0.15) is 43.0 Å². The standard InChI is InChI=1S/C18H24N8O/c1-13(2)9-15-12-25(23-21-15)11-14-5-3-7-24(10-14)17(27)16-20-18-19-6-4-8-26(18)22-16/h4,6,8,12-14H,3,5,7,9-11H2,1-2H3/t14-/m1/s1. The van der Waals surface area contributed by atoms with Gasteiger partial charge in [-0.2, -0.15) is 4.98 Å². The van der Waals surface area contributed by atoms with E-state index in [1.54, 1.807) is 18.5 Å². The Morgan fingerprint density at radius 3 is 3.07 bits per heavy atom. The smallest absolute Gasteiger partial charge is 0.293 e. The van der Waals surface area contributed by atoms with Crippen LogP contribution in [0, 0.1) is 11.8 Å². The number of amides is 1. The van der Waals surface area contributed by atoms with Crippen LogP contribution < -0.4 is 0 Å². The molecule has 9 nitrogen and oxygen atoms in total. The minimum atomic E-state index is -0.135. The van der Waals surface area contributed by atoms with Crippen molar-refractivity contribution in [2.45, 2.75) is 39.7 Å². The first-order valence-corrected chi connectivity index (χ1v) is 9.44. The van der Waals surface area contributed by atoms with Crippen LogP contribution in [-0.4, -0.2) is 58.5 Å². The molecule has 0 aromatic carbocycles. The molecule has 0 spiro atoms. The van der Waals surface area contributed by atoms with Crippen LogP contribution in [0.2, 0.25) is 0 Å². The lowest BCUT2D eigenvalue weighted by molar-refractivity contribution is 0.0647. The Morgan fingerprint density at radius 1 is 1.37 bits per heavy atom. The predicted molar refractivity (Wildman–Crippen MR) is 98.0 cm³/mol. The molecule has 1 atom stereocenters. The quantitative estimate of drug-likeness (QED) is 0.677. The van der Waals surface area contributed by atoms with Gasteiger partial charge in [-0.15, -0.1) is 10.2 Å². The van der Waals surface area contributed by atoms with Crippen molar-refractivity contribution in [1.82, 2.24) is 39.5 Å². The van der Waals surface area contributed by atoms with Gasteiger partial charge in [0.25, 0.3) is 11.7 Å². The lowest BCUT2D eigenvalue weighted by Crippen LogP contribution is -2.41. The van der Waals surface area contributed by atoms with Gasteiger partial charge >= 0.3 is 0 Å². The molecule has 1 fully saturated rings. The first-order chi connectivity index (χ1) is 13.1. The van der Waals surface area contributed by atoms with Crippen LogP contribution in [0.5, 0.6) is 0 Å². The van der Waals surface area contributed by atoms with Gasteiger partial charge in [-0.05, 0) is 37.2 Å². The number of rotatable bonds is 5. The summed E-state index contributed by atoms with van der Waals surface area (Å²) in [5.74, 6) is 1.42. The highest BCUT2D eigenvalue weighted by Gasteiger charge is 2.27. The number of likely N-dealkylation sites (tertiary alicyclic amines) is 1. The topological polar surface area (TPSA) is 94.1 Å². The number of carbonyl (C=O) groups excluding carboxylic acids is 1. The van der Waals surface area contributed by atoms with Crippen LogP contribution in [0.25, 0.3) is 5.78 Å². The molecule has 4 rings (SSSR count). The molecule has 1 saturated heterocycles. The summed E-state index contributed by atoms with van der Waals surface area (Å²) in [5.41, 5.74) is 1.02. The number of piperidine rings is 1. The van der Waals surface area contributed by atoms with Crippen molar-refractivity contribution >= 4 is 11.7 Å². The summed E-state index contributed by atoms with van der Waals surface area (Å²) >= 11 is 0. The Hall–Kier alpha value is -2.84. The van der Waals surface area contributed by atoms with E-state index in [2.05, 4.69) is 39.2 Å². The maximum Gasteiger partial charge on any atom is 0.293 e. The van der Waals surface area contributed by atoms with Crippen LogP contribution in [0.4, 0.5) is 0 Å². The van der Waals surface area contributed by atoms with E-state index in [9.17, 15) is 4.79 Å². The zero-order chi connectivity index (χ0) is 18.8. The lowest BCUT2D eigenvalue weighted by Gasteiger charge is -2.31. The molecule has 0 saturated carbocycles. The van der Waals surface area contributed by atoms with Gasteiger partial charge in [0.05, 0.1) is 5.69 Å². The number of hydrogen-bond donors (Lipinski definition) is 0. The summed E-state index contributed by atoms with van der Waals surface area (Å²) in [5, 5.41) is 12.7. The van der Waals surface area contributed by atoms with Crippen LogP contribution in [0.15, 0.2) is 24.7 Å². The molecule has 1 amide bonds. The van der Waals surface area contributed by atoms with Crippen molar-refractivity contribution < 1.29 is 4.79 Å². The molecule has 0 bridgehead atoms. The van der Waals surface area contributed by atoms with Gasteiger partial charge in [-0.25, -0.2) is 9.50 Å². The van der Waals surface area contributed by atoms with Crippen molar-refractivity contribution in [3.63, 3.8) is 0 Å². The van der Waals surface area contributed by atoms with Gasteiger partial charge in [0, 0.05) is 38.2 Å². The minimum Gasteiger partial charge on any atom is -0.336 e. The van der Waals surface area contributed by atoms with E-state index in [1.165, 1.54) is 4.52 Å². The third kappa shape index (κ3) is 3.96. The summed E-state index contributed by atoms with van der Waals surface area (Å²) in [6.45, 7) is 6.53. The van der Waals surface area contributed by atoms with Crippen molar-refractivity contribution in [3.05, 3.63) is 36.2 Å². The second kappa shape index (κ2) is 7.42. The number of fused-ring (bicyclic) bond motifs is 1. The van der Waals surface area contributed by atoms with Gasteiger partial charge in [0.2, 0.25) is 5.82 Å². The van der Waals surface area contributed by atoms with E-state index in [-0.39, 0.29) is 11.7 Å². The first-order valence-electron chi connectivity index (χ1n) is 9.44. The maximum atomic E-state index is 12.8. The third-order valence-electron chi connectivity index (χ3n) is 4.76. The molecular weight excluding hydrogens is 344 g/mol. The van der Waals surface area contributed by atoms with Crippen molar-refractivity contribution in [3.8, 4) is 0 Å². The van der Waals surface area contributed by atoms with Gasteiger partial charge in [-0.1, -0.05) is 19.1 Å². The number of hydrogen-bond acceptors (Lipinski definition) is 6. The summed E-state index contributed by atoms with van der Waals surface area (Å²) in [6, 6.07) is 1.76. The van der Waals surface area contributed by atoms with Crippen molar-refractivity contribution in [2.24, 2.45) is 11.8 Å². The Bertz CT molecular complexity index is 897. The zero-order valence-electron chi connectivity index (χ0n) is 15.7. The van der Waals surface area contributed by atoms with Crippen LogP contribution in [0.3, 0.4) is 0 Å². The van der Waals surface area contributed by atoms with E-state index in [4.69, 9.17) is 0 Å². The monoisotopic (exact) mass is 368 g/mol. The third-order valence-corrected chi connectivity index (χ3v) is 4.76. The van der Waals surface area contributed by atoms with Gasteiger partial charge in [0.1, 0.15) is 0 Å². The van der Waals surface area contributed by atoms with Crippen molar-refractivity contribution in [2.75, 3.05) is 13.1 Å². The minimum absolute atomic E-state index is 0.135. The number of carbonyl (C=O) groups is 1. The second-order valence-electron chi connectivity index (χ2n) is 7.59. The Labute approximate surface area is 157 Å². The molecule has 1 aliphatic heterocycles. The molecule has 27 heavy (non-hydrogen) atoms. The highest BCUT2D eigenvalue weighted by Crippen LogP contribution is 2.20. The molecule has 3 aromatic heterocycles. The molecule has 3 aromatic rings. The number of aromatic nitrogens is 7. The van der Waals surface area contributed by atoms with E-state index in [0.29, 0.717) is 24.2 Å².